The number of thiocarbonyl (C=S) groups is 2. The summed E-state index contributed by atoms with van der Waals surface area (Å²) in [4.78, 5) is 60.1. The van der Waals surface area contributed by atoms with Crippen LogP contribution >= 0.6 is 106 Å². The number of hydrogen-bond donors (Lipinski definition) is 8. The van der Waals surface area contributed by atoms with Crippen LogP contribution < -0.4 is 19.0 Å². The second-order valence-electron chi connectivity index (χ2n) is 34.5. The number of benzene rings is 4. The van der Waals surface area contributed by atoms with Gasteiger partial charge in [0.2, 0.25) is 0 Å². The largest absolute Gasteiger partial charge is 1.00 e. The molecule has 11 aliphatic rings. The SMILES string of the molecule is C.C1CCNC1.CC(=O)[O-].CCCCCC1CCC(C2CCC(C(=O)O)CC2)CC1.CCCCCC1CCC(C2CCC(C(C)=O)CC2)CC1.Cc1ccc(C)c2c1SC(=C(C#N)C#N)S2.N#CC(C#N)=C1Sc2c(O)ccc(O)c2S1.N#CCC#N.O=C1C=CC(=O)C=C1.Oc1ccc(O)c(SC(=S)N2CCCC2)c1.Oc1ccc(O)c2sc(=[N+]3CCCC3)sc12.S=C([S-])N1CCCC1.[2H-].[2H-].[BH4-].[CH3-]. The van der Waals surface area contributed by atoms with Gasteiger partial charge in [-0.3, -0.25) is 19.2 Å². The summed E-state index contributed by atoms with van der Waals surface area (Å²) in [7, 11) is 0. The summed E-state index contributed by atoms with van der Waals surface area (Å²) >= 11 is 24.7. The van der Waals surface area contributed by atoms with Gasteiger partial charge in [0.25, 0.3) is 0 Å². The van der Waals surface area contributed by atoms with Crippen molar-refractivity contribution in [2.24, 2.45) is 47.3 Å². The number of aryl methyl sites for hydroxylation is 2. The summed E-state index contributed by atoms with van der Waals surface area (Å²) in [5.41, 5.74) is 2.60. The third-order valence-corrected chi connectivity index (χ3v) is 35.1. The number of fused-ring (bicyclic) bond motifs is 3. The molecule has 5 aliphatic carbocycles. The predicted molar refractivity (Wildman–Crippen MR) is 575 cm³/mol. The van der Waals surface area contributed by atoms with Crippen LogP contribution in [0.2, 0.25) is 0 Å². The number of Topliss-reactive ketones (excluding diaryl/α,β-unsaturated/α-hetero) is 1. The van der Waals surface area contributed by atoms with Gasteiger partial charge in [0.15, 0.2) is 11.6 Å². The van der Waals surface area contributed by atoms with E-state index in [-0.39, 0.29) is 95.7 Å². The molecule has 6 aliphatic heterocycles. The van der Waals surface area contributed by atoms with E-state index in [9.17, 15) is 49.8 Å². The van der Waals surface area contributed by atoms with E-state index in [1.54, 1.807) is 66.0 Å². The number of carbonyl (C=O) groups excluding carboxylic acids is 4. The number of phenolic OH excluding ortho intramolecular Hbond substituents is 6. The highest BCUT2D eigenvalue weighted by molar-refractivity contribution is 8.25. The summed E-state index contributed by atoms with van der Waals surface area (Å²) in [6.07, 6.45) is 47.3. The Kier molecular flexibility index (Phi) is 60.6. The molecule has 4 aromatic carbocycles. The summed E-state index contributed by atoms with van der Waals surface area (Å²) in [6.45, 7) is 20.3. The molecule has 0 unspecified atom stereocenters. The topological polar surface area (TPSA) is 414 Å². The number of carboxylic acid groups (broad SMARTS) is 2. The van der Waals surface area contributed by atoms with Gasteiger partial charge in [0, 0.05) is 60.7 Å². The van der Waals surface area contributed by atoms with Gasteiger partial charge in [0.1, 0.15) is 99.5 Å². The predicted octanol–water partition coefficient (Wildman–Crippen LogP) is 22.4. The molecule has 0 spiro atoms. The first-order chi connectivity index (χ1) is 64.4. The fourth-order valence-electron chi connectivity index (χ4n) is 17.3. The number of unbranched alkanes of at least 4 members (excludes halogenated alkanes) is 4. The van der Waals surface area contributed by atoms with Crippen molar-refractivity contribution in [1.29, 1.82) is 31.6 Å². The number of nitriles is 6. The molecule has 0 atom stereocenters. The maximum atomic E-state index is 11.4. The molecule has 34 heteroatoms. The van der Waals surface area contributed by atoms with Crippen LogP contribution in [0.5, 0.6) is 34.5 Å². The Hall–Kier alpha value is -8.59. The molecule has 137 heavy (non-hydrogen) atoms. The van der Waals surface area contributed by atoms with E-state index in [2.05, 4.69) is 45.7 Å². The van der Waals surface area contributed by atoms with Crippen LogP contribution in [-0.2, 0) is 36.6 Å². The highest BCUT2D eigenvalue weighted by Crippen LogP contribution is 2.59. The lowest BCUT2D eigenvalue weighted by atomic mass is 9.68. The zero-order valence-electron chi connectivity index (χ0n) is 80.8. The van der Waals surface area contributed by atoms with Crippen molar-refractivity contribution in [2.75, 3.05) is 52.4 Å². The first-order valence-corrected chi connectivity index (χ1v) is 53.6. The standard InChI is InChI=1S/C19H34O.C18H32O2.C12H8N2S2.C11H11NO2S2.C11H13NO2S2.C10H4N2O2S2.C6H4O2.C5H9NS2.C4H9N.C3H2N2.C2H4O2.CH4.CH3.BH4.2H/c1-3-4-5-6-16-7-9-18(10-8-16)19-13-11-17(12-14-19)15(2)20;1-2-3-4-5-14-6-8-15(9-7-14)16-10-12-17(13-11-16)18(19)20;1-7-3-4-8(2)11-10(7)15-12(16-11)9(5-13)6-14;13-7-3-4-8(14)10-9(7)15-11(16-10)12-5-1-2-6-12;13-8-3-4-9(14)10(7-8)16-11(15)12-5-1-2-6-12;11-3-5(4-12)10-15-8-6(13)1-2-7(14)9(8)16-10;7-5-1-2-6(8)4-3-5;7-5(8)6-3-1-2-4-6;1-2-4-5-3-1;4-2-1-3-5;1-2(3)4;;;;;/h16-19H,3-14H2,1-2H3;14-17H,2-13H2,1H3,(H,19,20);3-4H,1-2H3;3-4H,1-2,5-6H2,(H-,13,14);3-4,7,13-14H,1-2,5-6H2;1-2,13-14H;1-4H;1-4H2,(H,7,8);5H,1-4H2;1H2;1H3,(H,3,4);1H4;1H3;1H4;;/q;;;;;;;;;;;;4*-1/p-1/i;;;;;;;;;;;;;;2*1+1. The molecule has 0 amide bonds. The van der Waals surface area contributed by atoms with Gasteiger partial charge in [-0.25, -0.2) is 4.58 Å². The third kappa shape index (κ3) is 43.2. The Morgan fingerprint density at radius 3 is 1.21 bits per heavy atom. The number of likely N-dealkylation sites (tertiary alicyclic amines) is 2. The average Bonchev–Trinajstić information content (AvgIpc) is 1.65. The highest BCUT2D eigenvalue weighted by atomic mass is 32.2. The molecule has 5 aromatic rings. The van der Waals surface area contributed by atoms with Crippen LogP contribution in [-0.4, -0.2) is 144 Å². The number of aliphatic carboxylic acids is 2. The van der Waals surface area contributed by atoms with E-state index in [1.165, 1.54) is 321 Å². The number of aromatic hydroxyl groups is 6. The van der Waals surface area contributed by atoms with E-state index < -0.39 is 11.9 Å². The van der Waals surface area contributed by atoms with Crippen LogP contribution in [0.1, 0.15) is 261 Å². The van der Waals surface area contributed by atoms with Crippen LogP contribution in [0, 0.1) is 137 Å². The van der Waals surface area contributed by atoms with E-state index in [0.717, 1.165) is 136 Å². The number of rotatable bonds is 13. The maximum Gasteiger partial charge on any atom is 0.315 e. The van der Waals surface area contributed by atoms with Gasteiger partial charge >= 0.3 is 9.95 Å². The zero-order valence-corrected chi connectivity index (χ0v) is 87.0. The Bertz CT molecular complexity index is 4840. The molecule has 4 saturated heterocycles. The van der Waals surface area contributed by atoms with Crippen LogP contribution in [0.3, 0.4) is 0 Å². The van der Waals surface area contributed by atoms with E-state index >= 15 is 0 Å². The van der Waals surface area contributed by atoms with Crippen LogP contribution in [0.25, 0.3) is 9.40 Å². The first kappa shape index (κ1) is 123. The monoisotopic (exact) mass is 2060 g/mol. The fourth-order valence-corrected chi connectivity index (χ4v) is 26.7. The van der Waals surface area contributed by atoms with Crippen molar-refractivity contribution in [3.8, 4) is 70.9 Å². The van der Waals surface area contributed by atoms with Crippen molar-refractivity contribution in [2.45, 2.75) is 285 Å². The highest BCUT2D eigenvalue weighted by Gasteiger charge is 2.35. The lowest BCUT2D eigenvalue weighted by Gasteiger charge is -2.37. The van der Waals surface area contributed by atoms with Gasteiger partial charge in [-0.05, 0) is 270 Å². The molecule has 16 rings (SSSR count). The molecular formula is C103H142BN10O13S10-5. The lowest BCUT2D eigenvalue weighted by molar-refractivity contribution is -0.302. The number of carbonyl (C=O) groups is 5. The third-order valence-electron chi connectivity index (χ3n) is 24.8. The number of nitrogens with zero attached hydrogens (tertiary/aromatic N) is 9. The number of thioether (sulfide) groups is 5. The number of phenols is 6. The number of hydrogen-bond acceptors (Lipinski definition) is 29. The summed E-state index contributed by atoms with van der Waals surface area (Å²) in [5, 5.41) is 129. The van der Waals surface area contributed by atoms with Gasteiger partial charge < -0.3 is 95.9 Å². The molecule has 23 nitrogen and oxygen atoms in total. The van der Waals surface area contributed by atoms with Crippen molar-refractivity contribution in [3.05, 3.63) is 121 Å². The van der Waals surface area contributed by atoms with Gasteiger partial charge in [-0.1, -0.05) is 217 Å². The number of carboxylic acids is 2. The Balaban J connectivity index is 0.000000782. The number of allylic oxidation sites excluding steroid dienone is 6. The Morgan fingerprint density at radius 1 is 0.526 bits per heavy atom. The van der Waals surface area contributed by atoms with Crippen molar-refractivity contribution in [1.82, 2.24) is 19.7 Å². The molecule has 7 heterocycles. The minimum absolute atomic E-state index is 0. The fraction of sp³-hybridized carbons (Fsp3) is 0.544. The number of nitrogens with one attached hydrogen (secondary N) is 1. The number of ketones is 3. The Labute approximate surface area is 863 Å². The second-order valence-corrected chi connectivity index (χ2v) is 44.1. The van der Waals surface area contributed by atoms with E-state index in [0.29, 0.717) is 34.9 Å². The molecule has 750 valence electrons. The summed E-state index contributed by atoms with van der Waals surface area (Å²) in [5.74, 6) is 5.51. The van der Waals surface area contributed by atoms with Gasteiger partial charge in [0.05, 0.1) is 50.6 Å². The molecule has 8 N–H and O–H groups in total. The molecule has 1 aromatic heterocycles. The molecule has 8 fully saturated rings. The normalized spacial score (nSPS) is 20.2. The van der Waals surface area contributed by atoms with Crippen LogP contribution in [0.15, 0.2) is 123 Å². The minimum Gasteiger partial charge on any atom is -1.00 e. The van der Waals surface area contributed by atoms with Crippen molar-refractivity contribution < 1.29 is 67.7 Å². The van der Waals surface area contributed by atoms with E-state index in [1.807, 2.05) is 26.0 Å². The Morgan fingerprint density at radius 2 is 0.883 bits per heavy atom. The molecule has 0 radical (unpaired) electrons. The van der Waals surface area contributed by atoms with Crippen molar-refractivity contribution >= 4 is 174 Å². The minimum atomic E-state index is -1.08. The zero-order chi connectivity index (χ0) is 98.0. The van der Waals surface area contributed by atoms with Gasteiger partial charge in [-0.2, -0.15) is 31.6 Å². The molecule has 0 bridgehead atoms. The van der Waals surface area contributed by atoms with Crippen molar-refractivity contribution in [3.63, 3.8) is 0 Å². The van der Waals surface area contributed by atoms with Crippen LogP contribution in [0.4, 0.5) is 0 Å². The molecule has 4 saturated carbocycles. The average molecular weight is 2060 g/mol. The maximum absolute atomic E-state index is 11.4. The molecular weight excluding hydrogens is 1920 g/mol. The lowest BCUT2D eigenvalue weighted by Crippen LogP contribution is -2.28. The van der Waals surface area contributed by atoms with E-state index in [4.69, 9.17) is 83.6 Å². The van der Waals surface area contributed by atoms with Gasteiger partial charge in [-0.15, -0.1) is 0 Å². The smallest absolute Gasteiger partial charge is 0.315 e. The second kappa shape index (κ2) is 67.7. The first-order valence-electron chi connectivity index (χ1n) is 46.6. The quantitative estimate of drug-likeness (QED) is 0.00518. The summed E-state index contributed by atoms with van der Waals surface area (Å²) < 4.78 is 7.80. The summed E-state index contributed by atoms with van der Waals surface area (Å²) in [6, 6.07) is 25.2.